The van der Waals surface area contributed by atoms with Gasteiger partial charge in [0.25, 0.3) is 5.91 Å². The van der Waals surface area contributed by atoms with E-state index in [1.54, 1.807) is 6.20 Å². The predicted molar refractivity (Wildman–Crippen MR) is 90.4 cm³/mol. The molecule has 1 amide bonds. The molecule has 1 saturated heterocycles. The number of amides is 1. The van der Waals surface area contributed by atoms with Crippen LogP contribution in [0.1, 0.15) is 23.7 Å². The van der Waals surface area contributed by atoms with E-state index in [1.807, 2.05) is 35.2 Å². The fourth-order valence-electron chi connectivity index (χ4n) is 3.18. The largest absolute Gasteiger partial charge is 0.395 e. The van der Waals surface area contributed by atoms with Crippen molar-refractivity contribution in [1.29, 1.82) is 0 Å². The summed E-state index contributed by atoms with van der Waals surface area (Å²) in [6.45, 7) is 5.32. The number of pyridine rings is 1. The molecule has 1 aromatic heterocycles. The van der Waals surface area contributed by atoms with Crippen LogP contribution in [0.5, 0.6) is 0 Å². The number of fused-ring (bicyclic) bond motifs is 1. The van der Waals surface area contributed by atoms with Crippen molar-refractivity contribution >= 4 is 16.8 Å². The van der Waals surface area contributed by atoms with Gasteiger partial charge >= 0.3 is 0 Å². The zero-order valence-electron chi connectivity index (χ0n) is 13.5. The standard InChI is InChI=1S/C18H23N3O2/c1-2-16(13-22)20-8-10-21(11-9-20)18(23)15-5-6-17-14(12-15)4-3-7-19-17/h3-7,12,16,22H,2,8-11,13H2,1H3. The van der Waals surface area contributed by atoms with Gasteiger partial charge in [-0.15, -0.1) is 0 Å². The number of carbonyl (C=O) groups excluding carboxylic acids is 1. The Morgan fingerprint density at radius 1 is 1.26 bits per heavy atom. The van der Waals surface area contributed by atoms with Gasteiger partial charge in [-0.1, -0.05) is 13.0 Å². The van der Waals surface area contributed by atoms with E-state index in [-0.39, 0.29) is 18.6 Å². The number of carbonyl (C=O) groups is 1. The van der Waals surface area contributed by atoms with Crippen LogP contribution in [0, 0.1) is 0 Å². The number of nitrogens with zero attached hydrogens (tertiary/aromatic N) is 3. The third-order valence-corrected chi connectivity index (χ3v) is 4.65. The monoisotopic (exact) mass is 313 g/mol. The number of benzene rings is 1. The van der Waals surface area contributed by atoms with Gasteiger partial charge in [0, 0.05) is 49.4 Å². The summed E-state index contributed by atoms with van der Waals surface area (Å²) in [5, 5.41) is 10.4. The van der Waals surface area contributed by atoms with Gasteiger partial charge in [-0.25, -0.2) is 0 Å². The maximum Gasteiger partial charge on any atom is 0.253 e. The number of hydrogen-bond donors (Lipinski definition) is 1. The molecule has 1 fully saturated rings. The zero-order chi connectivity index (χ0) is 16.2. The molecule has 1 atom stereocenters. The average molecular weight is 313 g/mol. The van der Waals surface area contributed by atoms with Crippen LogP contribution in [-0.4, -0.2) is 64.6 Å². The molecule has 1 aliphatic heterocycles. The molecule has 5 nitrogen and oxygen atoms in total. The van der Waals surface area contributed by atoms with Crippen LogP contribution >= 0.6 is 0 Å². The van der Waals surface area contributed by atoms with E-state index in [2.05, 4.69) is 16.8 Å². The molecule has 1 unspecified atom stereocenters. The van der Waals surface area contributed by atoms with Crippen molar-refractivity contribution in [2.45, 2.75) is 19.4 Å². The molecule has 3 rings (SSSR count). The van der Waals surface area contributed by atoms with Gasteiger partial charge < -0.3 is 10.0 Å². The minimum Gasteiger partial charge on any atom is -0.395 e. The molecule has 2 heterocycles. The molecular formula is C18H23N3O2. The summed E-state index contributed by atoms with van der Waals surface area (Å²) in [6, 6.07) is 9.74. The second kappa shape index (κ2) is 7.06. The average Bonchev–Trinajstić information content (AvgIpc) is 2.62. The summed E-state index contributed by atoms with van der Waals surface area (Å²) in [6.07, 6.45) is 2.69. The van der Waals surface area contributed by atoms with Crippen LogP contribution in [0.15, 0.2) is 36.5 Å². The first-order valence-corrected chi connectivity index (χ1v) is 8.22. The first-order chi connectivity index (χ1) is 11.2. The molecule has 0 bridgehead atoms. The van der Waals surface area contributed by atoms with Crippen molar-refractivity contribution in [2.75, 3.05) is 32.8 Å². The van der Waals surface area contributed by atoms with Gasteiger partial charge in [0.05, 0.1) is 12.1 Å². The molecule has 0 radical (unpaired) electrons. The highest BCUT2D eigenvalue weighted by Gasteiger charge is 2.25. The minimum atomic E-state index is 0.0763. The number of aliphatic hydroxyl groups excluding tert-OH is 1. The lowest BCUT2D eigenvalue weighted by atomic mass is 10.1. The predicted octanol–water partition coefficient (Wildman–Crippen LogP) is 1.76. The van der Waals surface area contributed by atoms with Crippen molar-refractivity contribution < 1.29 is 9.90 Å². The molecule has 5 heteroatoms. The normalized spacial score (nSPS) is 17.4. The van der Waals surface area contributed by atoms with E-state index in [1.165, 1.54) is 0 Å². The lowest BCUT2D eigenvalue weighted by Gasteiger charge is -2.38. The van der Waals surface area contributed by atoms with E-state index in [0.29, 0.717) is 18.7 Å². The summed E-state index contributed by atoms with van der Waals surface area (Å²) >= 11 is 0. The van der Waals surface area contributed by atoms with Gasteiger partial charge in [-0.2, -0.15) is 0 Å². The van der Waals surface area contributed by atoms with E-state index < -0.39 is 0 Å². The molecule has 0 aliphatic carbocycles. The Kier molecular flexibility index (Phi) is 4.88. The van der Waals surface area contributed by atoms with Gasteiger partial charge in [0.15, 0.2) is 0 Å². The quantitative estimate of drug-likeness (QED) is 0.934. The Morgan fingerprint density at radius 2 is 2.04 bits per heavy atom. The van der Waals surface area contributed by atoms with Crippen LogP contribution in [0.2, 0.25) is 0 Å². The number of aromatic nitrogens is 1. The van der Waals surface area contributed by atoms with Crippen LogP contribution in [0.3, 0.4) is 0 Å². The second-order valence-corrected chi connectivity index (χ2v) is 5.98. The van der Waals surface area contributed by atoms with Crippen molar-refractivity contribution in [2.24, 2.45) is 0 Å². The summed E-state index contributed by atoms with van der Waals surface area (Å²) in [4.78, 5) is 21.2. The molecule has 122 valence electrons. The zero-order valence-corrected chi connectivity index (χ0v) is 13.5. The number of rotatable bonds is 4. The topological polar surface area (TPSA) is 56.7 Å². The lowest BCUT2D eigenvalue weighted by Crippen LogP contribution is -2.52. The van der Waals surface area contributed by atoms with Crippen LogP contribution in [0.4, 0.5) is 0 Å². The van der Waals surface area contributed by atoms with Gasteiger partial charge in [-0.3, -0.25) is 14.7 Å². The fraction of sp³-hybridized carbons (Fsp3) is 0.444. The molecule has 23 heavy (non-hydrogen) atoms. The molecule has 2 aromatic rings. The highest BCUT2D eigenvalue weighted by Crippen LogP contribution is 2.16. The SMILES string of the molecule is CCC(CO)N1CCN(C(=O)c2ccc3ncccc3c2)CC1. The van der Waals surface area contributed by atoms with Crippen molar-refractivity contribution in [3.63, 3.8) is 0 Å². The molecular weight excluding hydrogens is 290 g/mol. The van der Waals surface area contributed by atoms with E-state index in [9.17, 15) is 9.90 Å². The number of aliphatic hydroxyl groups is 1. The van der Waals surface area contributed by atoms with Crippen molar-refractivity contribution in [3.8, 4) is 0 Å². The Hall–Kier alpha value is -1.98. The van der Waals surface area contributed by atoms with Crippen LogP contribution in [0.25, 0.3) is 10.9 Å². The highest BCUT2D eigenvalue weighted by atomic mass is 16.3. The Labute approximate surface area is 136 Å². The minimum absolute atomic E-state index is 0.0763. The maximum absolute atomic E-state index is 12.7. The highest BCUT2D eigenvalue weighted by molar-refractivity contribution is 5.98. The first-order valence-electron chi connectivity index (χ1n) is 8.22. The lowest BCUT2D eigenvalue weighted by molar-refractivity contribution is 0.0472. The van der Waals surface area contributed by atoms with E-state index in [4.69, 9.17) is 0 Å². The van der Waals surface area contributed by atoms with Crippen LogP contribution < -0.4 is 0 Å². The second-order valence-electron chi connectivity index (χ2n) is 5.98. The third-order valence-electron chi connectivity index (χ3n) is 4.65. The summed E-state index contributed by atoms with van der Waals surface area (Å²) in [5.41, 5.74) is 1.62. The van der Waals surface area contributed by atoms with E-state index in [0.717, 1.165) is 30.4 Å². The molecule has 0 spiro atoms. The fourth-order valence-corrected chi connectivity index (χ4v) is 3.18. The molecule has 1 aromatic carbocycles. The summed E-state index contributed by atoms with van der Waals surface area (Å²) in [7, 11) is 0. The first kappa shape index (κ1) is 15.9. The third kappa shape index (κ3) is 3.35. The van der Waals surface area contributed by atoms with Crippen molar-refractivity contribution in [1.82, 2.24) is 14.8 Å². The van der Waals surface area contributed by atoms with Gasteiger partial charge in [0.2, 0.25) is 0 Å². The molecule has 1 N–H and O–H groups in total. The Balaban J connectivity index is 1.69. The van der Waals surface area contributed by atoms with Gasteiger partial charge in [-0.05, 0) is 30.7 Å². The Morgan fingerprint density at radius 3 is 2.74 bits per heavy atom. The maximum atomic E-state index is 12.7. The molecule has 1 aliphatic rings. The number of hydrogen-bond acceptors (Lipinski definition) is 4. The van der Waals surface area contributed by atoms with Crippen LogP contribution in [-0.2, 0) is 0 Å². The smallest absolute Gasteiger partial charge is 0.253 e. The summed E-state index contributed by atoms with van der Waals surface area (Å²) in [5.74, 6) is 0.0763. The Bertz CT molecular complexity index is 677. The molecule has 0 saturated carbocycles. The number of piperazine rings is 1. The van der Waals surface area contributed by atoms with E-state index >= 15 is 0 Å². The van der Waals surface area contributed by atoms with Gasteiger partial charge in [0.1, 0.15) is 0 Å². The summed E-state index contributed by atoms with van der Waals surface area (Å²) < 4.78 is 0. The van der Waals surface area contributed by atoms with Crippen molar-refractivity contribution in [3.05, 3.63) is 42.1 Å².